The summed E-state index contributed by atoms with van der Waals surface area (Å²) in [5.41, 5.74) is 0.376. The molecule has 0 spiro atoms. The first kappa shape index (κ1) is 15.0. The first-order valence-electron chi connectivity index (χ1n) is 7.45. The normalized spacial score (nSPS) is 22.8. The van der Waals surface area contributed by atoms with Gasteiger partial charge in [-0.3, -0.25) is 0 Å². The first-order valence-corrected chi connectivity index (χ1v) is 7.45. The zero-order valence-corrected chi connectivity index (χ0v) is 12.6. The molecule has 0 heterocycles. The quantitative estimate of drug-likeness (QED) is 0.742. The summed E-state index contributed by atoms with van der Waals surface area (Å²) in [5.74, 6) is 0.704. The number of hydrogen-bond acceptors (Lipinski definition) is 2. The standard InChI is InChI=1S/C15H32N2/c1-6-16-14(13(2)3)15(17(4)5)11-9-7-8-10-12-15/h13-14,16H,6-12H2,1-5H3. The monoisotopic (exact) mass is 240 g/mol. The maximum Gasteiger partial charge on any atom is 0.0358 e. The summed E-state index contributed by atoms with van der Waals surface area (Å²) in [6.45, 7) is 8.04. The summed E-state index contributed by atoms with van der Waals surface area (Å²) in [6, 6.07) is 0.626. The van der Waals surface area contributed by atoms with Gasteiger partial charge >= 0.3 is 0 Å². The molecule has 0 aromatic carbocycles. The van der Waals surface area contributed by atoms with Crippen molar-refractivity contribution in [3.63, 3.8) is 0 Å². The fourth-order valence-electron chi connectivity index (χ4n) is 3.64. The van der Waals surface area contributed by atoms with Crippen LogP contribution in [0.1, 0.15) is 59.3 Å². The highest BCUT2D eigenvalue weighted by atomic mass is 15.2. The van der Waals surface area contributed by atoms with Crippen LogP contribution in [0.25, 0.3) is 0 Å². The number of rotatable bonds is 5. The lowest BCUT2D eigenvalue weighted by molar-refractivity contribution is 0.0604. The second-order valence-electron chi connectivity index (χ2n) is 6.19. The smallest absolute Gasteiger partial charge is 0.0358 e. The van der Waals surface area contributed by atoms with E-state index in [9.17, 15) is 0 Å². The highest BCUT2D eigenvalue weighted by molar-refractivity contribution is 5.00. The Morgan fingerprint density at radius 2 is 1.59 bits per heavy atom. The molecular weight excluding hydrogens is 208 g/mol. The molecule has 0 amide bonds. The summed E-state index contributed by atoms with van der Waals surface area (Å²) in [5, 5.41) is 3.76. The van der Waals surface area contributed by atoms with Gasteiger partial charge in [0, 0.05) is 11.6 Å². The zero-order valence-electron chi connectivity index (χ0n) is 12.6. The van der Waals surface area contributed by atoms with Crippen LogP contribution in [0.2, 0.25) is 0 Å². The molecule has 1 N–H and O–H groups in total. The summed E-state index contributed by atoms with van der Waals surface area (Å²) >= 11 is 0. The Kier molecular flexibility index (Phi) is 5.94. The van der Waals surface area contributed by atoms with E-state index in [-0.39, 0.29) is 0 Å². The van der Waals surface area contributed by atoms with Crippen LogP contribution in [-0.2, 0) is 0 Å². The van der Waals surface area contributed by atoms with Crippen LogP contribution in [0, 0.1) is 5.92 Å². The van der Waals surface area contributed by atoms with Crippen molar-refractivity contribution < 1.29 is 0 Å². The molecular formula is C15H32N2. The van der Waals surface area contributed by atoms with Crippen molar-refractivity contribution >= 4 is 0 Å². The molecule has 1 atom stereocenters. The summed E-state index contributed by atoms with van der Waals surface area (Å²) in [6.07, 6.45) is 8.35. The fourth-order valence-corrected chi connectivity index (χ4v) is 3.64. The minimum atomic E-state index is 0.376. The van der Waals surface area contributed by atoms with Crippen LogP contribution in [0.4, 0.5) is 0 Å². The second kappa shape index (κ2) is 6.75. The van der Waals surface area contributed by atoms with Crippen molar-refractivity contribution in [2.75, 3.05) is 20.6 Å². The van der Waals surface area contributed by atoms with Crippen LogP contribution in [-0.4, -0.2) is 37.1 Å². The number of nitrogens with one attached hydrogen (secondary N) is 1. The van der Waals surface area contributed by atoms with Gasteiger partial charge in [-0.1, -0.05) is 46.5 Å². The van der Waals surface area contributed by atoms with Crippen LogP contribution in [0.5, 0.6) is 0 Å². The van der Waals surface area contributed by atoms with Crippen molar-refractivity contribution in [1.29, 1.82) is 0 Å². The Labute approximate surface area is 108 Å². The average molecular weight is 240 g/mol. The van der Waals surface area contributed by atoms with Crippen molar-refractivity contribution in [3.05, 3.63) is 0 Å². The molecule has 0 aliphatic heterocycles. The molecule has 102 valence electrons. The average Bonchev–Trinajstić information content (AvgIpc) is 2.51. The van der Waals surface area contributed by atoms with Gasteiger partial charge in [-0.25, -0.2) is 0 Å². The van der Waals surface area contributed by atoms with Crippen molar-refractivity contribution in [3.8, 4) is 0 Å². The van der Waals surface area contributed by atoms with E-state index in [1.165, 1.54) is 38.5 Å². The topological polar surface area (TPSA) is 15.3 Å². The van der Waals surface area contributed by atoms with Crippen molar-refractivity contribution in [1.82, 2.24) is 10.2 Å². The third-order valence-corrected chi connectivity index (χ3v) is 4.53. The Balaban J connectivity index is 2.93. The highest BCUT2D eigenvalue weighted by Crippen LogP contribution is 2.36. The third-order valence-electron chi connectivity index (χ3n) is 4.53. The van der Waals surface area contributed by atoms with Crippen molar-refractivity contribution in [2.24, 2.45) is 5.92 Å². The molecule has 17 heavy (non-hydrogen) atoms. The minimum Gasteiger partial charge on any atom is -0.312 e. The van der Waals surface area contributed by atoms with Gasteiger partial charge < -0.3 is 10.2 Å². The van der Waals surface area contributed by atoms with Gasteiger partial charge in [0.2, 0.25) is 0 Å². The molecule has 1 unspecified atom stereocenters. The Bertz CT molecular complexity index is 203. The Morgan fingerprint density at radius 1 is 1.06 bits per heavy atom. The van der Waals surface area contributed by atoms with E-state index >= 15 is 0 Å². The van der Waals surface area contributed by atoms with E-state index < -0.39 is 0 Å². The number of hydrogen-bond donors (Lipinski definition) is 1. The van der Waals surface area contributed by atoms with Gasteiger partial charge in [0.05, 0.1) is 0 Å². The maximum atomic E-state index is 3.76. The van der Waals surface area contributed by atoms with Gasteiger partial charge in [0.25, 0.3) is 0 Å². The van der Waals surface area contributed by atoms with Gasteiger partial charge in [-0.05, 0) is 39.4 Å². The molecule has 2 nitrogen and oxygen atoms in total. The summed E-state index contributed by atoms with van der Waals surface area (Å²) in [7, 11) is 4.55. The maximum absolute atomic E-state index is 3.76. The molecule has 2 heteroatoms. The molecule has 1 rings (SSSR count). The van der Waals surface area contributed by atoms with Crippen LogP contribution < -0.4 is 5.32 Å². The SMILES string of the molecule is CCNC(C(C)C)C1(N(C)C)CCCCCC1. The zero-order chi connectivity index (χ0) is 12.9. The van der Waals surface area contributed by atoms with Gasteiger partial charge in [-0.15, -0.1) is 0 Å². The lowest BCUT2D eigenvalue weighted by Gasteiger charge is -2.48. The van der Waals surface area contributed by atoms with Crippen LogP contribution in [0.15, 0.2) is 0 Å². The van der Waals surface area contributed by atoms with Crippen LogP contribution in [0.3, 0.4) is 0 Å². The van der Waals surface area contributed by atoms with E-state index in [2.05, 4.69) is 45.1 Å². The lowest BCUT2D eigenvalue weighted by atomic mass is 9.76. The molecule has 1 saturated carbocycles. The Morgan fingerprint density at radius 3 is 1.94 bits per heavy atom. The van der Waals surface area contributed by atoms with E-state index in [0.717, 1.165) is 6.54 Å². The van der Waals surface area contributed by atoms with E-state index in [0.29, 0.717) is 17.5 Å². The number of likely N-dealkylation sites (N-methyl/N-ethyl adjacent to an activating group) is 2. The van der Waals surface area contributed by atoms with Gasteiger partial charge in [-0.2, -0.15) is 0 Å². The van der Waals surface area contributed by atoms with Crippen molar-refractivity contribution in [2.45, 2.75) is 70.9 Å². The Hall–Kier alpha value is -0.0800. The van der Waals surface area contributed by atoms with E-state index in [1.54, 1.807) is 0 Å². The molecule has 1 aliphatic rings. The summed E-state index contributed by atoms with van der Waals surface area (Å²) < 4.78 is 0. The number of nitrogens with zero attached hydrogens (tertiary/aromatic N) is 1. The molecule has 0 bridgehead atoms. The lowest BCUT2D eigenvalue weighted by Crippen LogP contribution is -2.61. The molecule has 0 radical (unpaired) electrons. The second-order valence-corrected chi connectivity index (χ2v) is 6.19. The minimum absolute atomic E-state index is 0.376. The third kappa shape index (κ3) is 3.45. The largest absolute Gasteiger partial charge is 0.312 e. The van der Waals surface area contributed by atoms with Gasteiger partial charge in [0.15, 0.2) is 0 Å². The molecule has 1 fully saturated rings. The van der Waals surface area contributed by atoms with Gasteiger partial charge in [0.1, 0.15) is 0 Å². The summed E-state index contributed by atoms with van der Waals surface area (Å²) in [4.78, 5) is 2.51. The van der Waals surface area contributed by atoms with E-state index in [1.807, 2.05) is 0 Å². The molecule has 0 saturated heterocycles. The predicted octanol–water partition coefficient (Wildman–Crippen LogP) is 3.28. The molecule has 1 aliphatic carbocycles. The highest BCUT2D eigenvalue weighted by Gasteiger charge is 2.41. The van der Waals surface area contributed by atoms with E-state index in [4.69, 9.17) is 0 Å². The molecule has 0 aromatic heterocycles. The predicted molar refractivity (Wildman–Crippen MR) is 76.4 cm³/mol. The molecule has 0 aromatic rings. The fraction of sp³-hybridized carbons (Fsp3) is 1.00. The first-order chi connectivity index (χ1) is 8.04. The van der Waals surface area contributed by atoms with Crippen LogP contribution >= 0.6 is 0 Å².